The first kappa shape index (κ1) is 24.8. The highest BCUT2D eigenvalue weighted by Gasteiger charge is 2.43. The van der Waals surface area contributed by atoms with E-state index in [0.717, 1.165) is 11.1 Å². The van der Waals surface area contributed by atoms with E-state index in [4.69, 9.17) is 9.47 Å². The Balaban J connectivity index is 1.56. The van der Waals surface area contributed by atoms with Crippen LogP contribution in [0.2, 0.25) is 0 Å². The number of carboxylic acid groups (broad SMARTS) is 1. The first-order valence-corrected chi connectivity index (χ1v) is 12.7. The van der Waals surface area contributed by atoms with Crippen molar-refractivity contribution in [2.45, 2.75) is 58.0 Å². The number of hydrogen-bond donors (Lipinski definition) is 0. The van der Waals surface area contributed by atoms with Crippen molar-refractivity contribution >= 4 is 17.5 Å². The molecular weight excluding hydrogens is 470 g/mol. The number of ether oxygens (including phenoxy) is 2. The van der Waals surface area contributed by atoms with E-state index in [1.165, 1.54) is 5.56 Å². The molecule has 0 fully saturated rings. The number of ketones is 2. The van der Waals surface area contributed by atoms with Crippen molar-refractivity contribution in [2.75, 3.05) is 13.7 Å². The van der Waals surface area contributed by atoms with Crippen LogP contribution in [0.4, 0.5) is 0 Å². The normalized spacial score (nSPS) is 18.1. The van der Waals surface area contributed by atoms with Gasteiger partial charge in [0.05, 0.1) is 19.6 Å². The number of carbonyl (C=O) groups is 3. The fraction of sp³-hybridized carbons (Fsp3) is 0.367. The minimum absolute atomic E-state index is 0.0433. The van der Waals surface area contributed by atoms with Gasteiger partial charge in [-0.3, -0.25) is 9.59 Å². The van der Waals surface area contributed by atoms with Crippen molar-refractivity contribution in [3.63, 3.8) is 0 Å². The summed E-state index contributed by atoms with van der Waals surface area (Å²) >= 11 is 0. The minimum Gasteiger partial charge on any atom is -0.548 e. The summed E-state index contributed by atoms with van der Waals surface area (Å²) in [7, 11) is 1.56. The van der Waals surface area contributed by atoms with Gasteiger partial charge in [-0.15, -0.1) is 0 Å². The first-order valence-electron chi connectivity index (χ1n) is 12.7. The summed E-state index contributed by atoms with van der Waals surface area (Å²) in [5.74, 6) is -0.794. The number of allylic oxidation sites excluding steroid dienone is 4. The summed E-state index contributed by atoms with van der Waals surface area (Å²) in [4.78, 5) is 39.9. The zero-order valence-corrected chi connectivity index (χ0v) is 21.2. The zero-order valence-electron chi connectivity index (χ0n) is 21.2. The number of rotatable bonds is 7. The lowest BCUT2D eigenvalue weighted by molar-refractivity contribution is -0.305. The summed E-state index contributed by atoms with van der Waals surface area (Å²) in [6, 6.07) is 13.6. The second-order valence-corrected chi connectivity index (χ2v) is 9.85. The number of carbonyl (C=O) groups excluding carboxylic acids is 3. The monoisotopic (exact) mass is 500 g/mol. The Morgan fingerprint density at radius 3 is 2.11 bits per heavy atom. The third-order valence-corrected chi connectivity index (χ3v) is 7.41. The number of methoxy groups -OCH3 is 1. The van der Waals surface area contributed by atoms with Crippen LogP contribution < -0.4 is 14.6 Å². The minimum atomic E-state index is -1.23. The molecule has 0 bridgehead atoms. The summed E-state index contributed by atoms with van der Waals surface area (Å²) in [6.45, 7) is 2.05. The number of aryl methyl sites for hydroxylation is 1. The van der Waals surface area contributed by atoms with Crippen LogP contribution in [-0.4, -0.2) is 36.1 Å². The lowest BCUT2D eigenvalue weighted by atomic mass is 9.71. The Morgan fingerprint density at radius 2 is 1.54 bits per heavy atom. The van der Waals surface area contributed by atoms with Crippen molar-refractivity contribution in [2.24, 2.45) is 0 Å². The van der Waals surface area contributed by atoms with Crippen LogP contribution in [0.25, 0.3) is 0 Å². The van der Waals surface area contributed by atoms with Gasteiger partial charge < -0.3 is 24.3 Å². The van der Waals surface area contributed by atoms with Crippen LogP contribution in [0.5, 0.6) is 11.5 Å². The average molecular weight is 501 g/mol. The molecule has 0 saturated carbocycles. The predicted molar refractivity (Wildman–Crippen MR) is 135 cm³/mol. The highest BCUT2D eigenvalue weighted by atomic mass is 16.5. The Kier molecular flexibility index (Phi) is 6.87. The van der Waals surface area contributed by atoms with Crippen LogP contribution in [0, 0.1) is 6.92 Å². The number of carboxylic acids is 1. The molecule has 0 spiro atoms. The average Bonchev–Trinajstić information content (AvgIpc) is 2.89. The highest BCUT2D eigenvalue weighted by Crippen LogP contribution is 2.50. The van der Waals surface area contributed by atoms with Gasteiger partial charge in [0.2, 0.25) is 0 Å². The fourth-order valence-electron chi connectivity index (χ4n) is 5.70. The third kappa shape index (κ3) is 4.78. The molecule has 0 radical (unpaired) electrons. The summed E-state index contributed by atoms with van der Waals surface area (Å²) < 4.78 is 11.7. The van der Waals surface area contributed by atoms with Crippen LogP contribution in [0.3, 0.4) is 0 Å². The number of Topliss-reactive ketones (excluding diaryl/α,β-unsaturated/α-hetero) is 2. The molecule has 0 N–H and O–H groups in total. The van der Waals surface area contributed by atoms with Crippen LogP contribution in [0.1, 0.15) is 61.1 Å². The Morgan fingerprint density at radius 1 is 0.919 bits per heavy atom. The number of nitrogens with zero attached hydrogens (tertiary/aromatic N) is 1. The molecule has 0 amide bonds. The van der Waals surface area contributed by atoms with Crippen molar-refractivity contribution in [1.82, 2.24) is 4.90 Å². The molecule has 192 valence electrons. The highest BCUT2D eigenvalue weighted by molar-refractivity contribution is 6.06. The lowest BCUT2D eigenvalue weighted by Gasteiger charge is -2.44. The molecule has 1 heterocycles. The number of benzene rings is 2. The van der Waals surface area contributed by atoms with Crippen molar-refractivity contribution in [3.05, 3.63) is 81.7 Å². The Labute approximate surface area is 216 Å². The van der Waals surface area contributed by atoms with Gasteiger partial charge in [0, 0.05) is 41.3 Å². The van der Waals surface area contributed by atoms with Gasteiger partial charge in [0.25, 0.3) is 0 Å². The standard InChI is InChI=1S/C30H31NO6/c1-18-9-11-19(12-10-18)17-37-25-14-13-20(15-26(25)36-2)28-29-21(5-3-7-23(29)32)31(16-27(34)35)22-6-4-8-24(33)30(22)28/h9-15,28H,3-8,16-17H2,1-2H3,(H,34,35)/p-1. The molecule has 2 aromatic rings. The number of aliphatic carboxylic acids is 1. The van der Waals surface area contributed by atoms with E-state index in [-0.39, 0.29) is 18.1 Å². The molecule has 1 aliphatic heterocycles. The quantitative estimate of drug-likeness (QED) is 0.571. The van der Waals surface area contributed by atoms with Gasteiger partial charge in [0.15, 0.2) is 23.1 Å². The second kappa shape index (κ2) is 10.2. The first-order chi connectivity index (χ1) is 17.9. The van der Waals surface area contributed by atoms with Gasteiger partial charge in [-0.05, 0) is 55.9 Å². The molecular formula is C30H30NO6-. The van der Waals surface area contributed by atoms with E-state index in [9.17, 15) is 19.5 Å². The lowest BCUT2D eigenvalue weighted by Crippen LogP contribution is -2.44. The third-order valence-electron chi connectivity index (χ3n) is 7.41. The molecule has 0 saturated heterocycles. The Bertz CT molecular complexity index is 1280. The van der Waals surface area contributed by atoms with Crippen molar-refractivity contribution in [1.29, 1.82) is 0 Å². The van der Waals surface area contributed by atoms with Crippen molar-refractivity contribution in [3.8, 4) is 11.5 Å². The van der Waals surface area contributed by atoms with Gasteiger partial charge in [-0.25, -0.2) is 0 Å². The molecule has 0 unspecified atom stereocenters. The maximum Gasteiger partial charge on any atom is 0.161 e. The zero-order chi connectivity index (χ0) is 26.1. The summed E-state index contributed by atoms with van der Waals surface area (Å²) in [5, 5.41) is 11.6. The molecule has 0 aromatic heterocycles. The van der Waals surface area contributed by atoms with Gasteiger partial charge in [0.1, 0.15) is 6.61 Å². The number of hydrogen-bond acceptors (Lipinski definition) is 7. The van der Waals surface area contributed by atoms with E-state index in [1.807, 2.05) is 49.4 Å². The molecule has 0 atom stereocenters. The van der Waals surface area contributed by atoms with Crippen LogP contribution in [-0.2, 0) is 21.0 Å². The van der Waals surface area contributed by atoms with Crippen LogP contribution in [0.15, 0.2) is 65.0 Å². The molecule has 3 aliphatic rings. The van der Waals surface area contributed by atoms with E-state index < -0.39 is 11.9 Å². The summed E-state index contributed by atoms with van der Waals surface area (Å²) in [6.07, 6.45) is 3.23. The second-order valence-electron chi connectivity index (χ2n) is 9.85. The molecule has 2 aromatic carbocycles. The van der Waals surface area contributed by atoms with Crippen LogP contribution >= 0.6 is 0 Å². The molecule has 37 heavy (non-hydrogen) atoms. The fourth-order valence-corrected chi connectivity index (χ4v) is 5.70. The maximum absolute atomic E-state index is 13.3. The van der Waals surface area contributed by atoms with E-state index in [0.29, 0.717) is 79.2 Å². The largest absolute Gasteiger partial charge is 0.548 e. The van der Waals surface area contributed by atoms with Gasteiger partial charge >= 0.3 is 0 Å². The maximum atomic E-state index is 13.3. The van der Waals surface area contributed by atoms with Crippen molar-refractivity contribution < 1.29 is 29.0 Å². The van der Waals surface area contributed by atoms with E-state index in [2.05, 4.69) is 0 Å². The van der Waals surface area contributed by atoms with Gasteiger partial charge in [-0.1, -0.05) is 35.9 Å². The Hall–Kier alpha value is -3.87. The molecule has 7 nitrogen and oxygen atoms in total. The van der Waals surface area contributed by atoms with E-state index in [1.54, 1.807) is 12.0 Å². The van der Waals surface area contributed by atoms with E-state index >= 15 is 0 Å². The molecule has 5 rings (SSSR count). The smallest absolute Gasteiger partial charge is 0.161 e. The summed E-state index contributed by atoms with van der Waals surface area (Å²) in [5.41, 5.74) is 5.43. The SMILES string of the molecule is COc1cc(C2C3=C(CCCC3=O)N(CC(=O)[O-])C3=C2C(=O)CCC3)ccc1OCc1ccc(C)cc1. The molecule has 7 heteroatoms. The predicted octanol–water partition coefficient (Wildman–Crippen LogP) is 3.75. The van der Waals surface area contributed by atoms with Gasteiger partial charge in [-0.2, -0.15) is 0 Å². The topological polar surface area (TPSA) is 96.0 Å². The molecule has 2 aliphatic carbocycles.